The van der Waals surface area contributed by atoms with E-state index in [1.165, 1.54) is 42.4 Å². The van der Waals surface area contributed by atoms with E-state index in [9.17, 15) is 0 Å². The first-order valence-electron chi connectivity index (χ1n) is 9.15. The molecule has 130 valence electrons. The topological polar surface area (TPSA) is 28.6 Å². The fourth-order valence-corrected chi connectivity index (χ4v) is 4.86. The van der Waals surface area contributed by atoms with Gasteiger partial charge in [-0.25, -0.2) is 4.98 Å². The van der Waals surface area contributed by atoms with Gasteiger partial charge in [0.25, 0.3) is 0 Å². The Kier molecular flexibility index (Phi) is 6.45. The summed E-state index contributed by atoms with van der Waals surface area (Å²) in [6.07, 6.45) is 5.94. The van der Waals surface area contributed by atoms with E-state index in [2.05, 4.69) is 34.8 Å². The lowest BCUT2D eigenvalue weighted by molar-refractivity contribution is 0.0225. The monoisotopic (exact) mass is 337 g/mol. The molecule has 2 fully saturated rings. The van der Waals surface area contributed by atoms with Crippen molar-refractivity contribution in [3.05, 3.63) is 16.1 Å². The number of piperidine rings is 1. The zero-order chi connectivity index (χ0) is 16.1. The lowest BCUT2D eigenvalue weighted by Crippen LogP contribution is -2.44. The van der Waals surface area contributed by atoms with Gasteiger partial charge in [-0.15, -0.1) is 11.3 Å². The second-order valence-corrected chi connectivity index (χ2v) is 8.67. The molecule has 4 nitrogen and oxygen atoms in total. The highest BCUT2D eigenvalue weighted by Crippen LogP contribution is 2.23. The molecule has 2 aliphatic heterocycles. The Labute approximate surface area is 144 Å². The van der Waals surface area contributed by atoms with Crippen molar-refractivity contribution in [1.29, 1.82) is 0 Å². The van der Waals surface area contributed by atoms with Crippen LogP contribution in [-0.4, -0.2) is 60.7 Å². The Morgan fingerprint density at radius 2 is 2.09 bits per heavy atom. The summed E-state index contributed by atoms with van der Waals surface area (Å²) in [5.74, 6) is 1.52. The van der Waals surface area contributed by atoms with Crippen molar-refractivity contribution < 1.29 is 4.74 Å². The molecule has 5 heteroatoms. The van der Waals surface area contributed by atoms with E-state index < -0.39 is 0 Å². The number of morpholine rings is 1. The molecule has 23 heavy (non-hydrogen) atoms. The SMILES string of the molecule is CC(C)Cc1ncc(CN2CCCC(CN3CCOCC3)C2)s1. The first kappa shape index (κ1) is 17.3. The summed E-state index contributed by atoms with van der Waals surface area (Å²) in [6.45, 7) is 13.4. The highest BCUT2D eigenvalue weighted by atomic mass is 32.1. The average Bonchev–Trinajstić information content (AvgIpc) is 2.95. The average molecular weight is 338 g/mol. The first-order chi connectivity index (χ1) is 11.2. The van der Waals surface area contributed by atoms with Crippen LogP contribution in [0.4, 0.5) is 0 Å². The van der Waals surface area contributed by atoms with Crippen LogP contribution in [0.5, 0.6) is 0 Å². The zero-order valence-corrected chi connectivity index (χ0v) is 15.5. The van der Waals surface area contributed by atoms with Crippen LogP contribution in [0, 0.1) is 11.8 Å². The number of aromatic nitrogens is 1. The number of hydrogen-bond acceptors (Lipinski definition) is 5. The number of rotatable bonds is 6. The van der Waals surface area contributed by atoms with Crippen LogP contribution < -0.4 is 0 Å². The molecule has 1 unspecified atom stereocenters. The molecule has 0 aromatic carbocycles. The minimum atomic E-state index is 0.696. The predicted octanol–water partition coefficient (Wildman–Crippen LogP) is 2.89. The highest BCUT2D eigenvalue weighted by Gasteiger charge is 2.23. The van der Waals surface area contributed by atoms with Crippen molar-refractivity contribution in [3.63, 3.8) is 0 Å². The maximum Gasteiger partial charge on any atom is 0.0930 e. The van der Waals surface area contributed by atoms with Gasteiger partial charge in [0.15, 0.2) is 0 Å². The molecule has 0 amide bonds. The van der Waals surface area contributed by atoms with Gasteiger partial charge in [-0.2, -0.15) is 0 Å². The second kappa shape index (κ2) is 8.56. The summed E-state index contributed by atoms with van der Waals surface area (Å²) >= 11 is 1.91. The lowest BCUT2D eigenvalue weighted by Gasteiger charge is -2.36. The van der Waals surface area contributed by atoms with Crippen LogP contribution in [0.1, 0.15) is 36.6 Å². The van der Waals surface area contributed by atoms with Crippen LogP contribution in [-0.2, 0) is 17.7 Å². The summed E-state index contributed by atoms with van der Waals surface area (Å²) in [4.78, 5) is 11.3. The van der Waals surface area contributed by atoms with Gasteiger partial charge in [-0.05, 0) is 31.2 Å². The minimum absolute atomic E-state index is 0.696. The third-order valence-electron chi connectivity index (χ3n) is 4.79. The van der Waals surface area contributed by atoms with Crippen LogP contribution >= 0.6 is 11.3 Å². The lowest BCUT2D eigenvalue weighted by atomic mass is 9.97. The van der Waals surface area contributed by atoms with E-state index >= 15 is 0 Å². The standard InChI is InChI=1S/C18H31N3OS/c1-15(2)10-18-19-11-17(23-18)14-21-5-3-4-16(13-21)12-20-6-8-22-9-7-20/h11,15-16H,3-10,12-14H2,1-2H3. The molecule has 1 aromatic heterocycles. The van der Waals surface area contributed by atoms with E-state index in [0.717, 1.165) is 45.2 Å². The number of thiazole rings is 1. The maximum atomic E-state index is 5.46. The number of nitrogens with zero attached hydrogens (tertiary/aromatic N) is 3. The molecule has 3 heterocycles. The van der Waals surface area contributed by atoms with Crippen molar-refractivity contribution in [2.45, 2.75) is 39.7 Å². The summed E-state index contributed by atoms with van der Waals surface area (Å²) < 4.78 is 5.46. The molecule has 0 bridgehead atoms. The molecule has 0 saturated carbocycles. The van der Waals surface area contributed by atoms with Crippen LogP contribution in [0.3, 0.4) is 0 Å². The van der Waals surface area contributed by atoms with Crippen molar-refractivity contribution in [2.24, 2.45) is 11.8 Å². The number of ether oxygens (including phenoxy) is 1. The molecule has 0 aliphatic carbocycles. The third-order valence-corrected chi connectivity index (χ3v) is 5.79. The van der Waals surface area contributed by atoms with Gasteiger partial charge < -0.3 is 4.74 Å². The van der Waals surface area contributed by atoms with Gasteiger partial charge in [0.1, 0.15) is 0 Å². The molecular formula is C18H31N3OS. The summed E-state index contributed by atoms with van der Waals surface area (Å²) in [6, 6.07) is 0. The van der Waals surface area contributed by atoms with Gasteiger partial charge in [-0.3, -0.25) is 9.80 Å². The molecule has 1 atom stereocenters. The van der Waals surface area contributed by atoms with Gasteiger partial charge in [0, 0.05) is 50.2 Å². The van der Waals surface area contributed by atoms with Crippen LogP contribution in [0.15, 0.2) is 6.20 Å². The van der Waals surface area contributed by atoms with Crippen molar-refractivity contribution >= 4 is 11.3 Å². The van der Waals surface area contributed by atoms with E-state index in [1.807, 2.05) is 11.3 Å². The Hall–Kier alpha value is -0.490. The van der Waals surface area contributed by atoms with E-state index in [1.54, 1.807) is 0 Å². The van der Waals surface area contributed by atoms with E-state index in [-0.39, 0.29) is 0 Å². The molecular weight excluding hydrogens is 306 g/mol. The fourth-order valence-electron chi connectivity index (χ4n) is 3.68. The first-order valence-corrected chi connectivity index (χ1v) is 9.96. The largest absolute Gasteiger partial charge is 0.379 e. The summed E-state index contributed by atoms with van der Waals surface area (Å²) in [5, 5.41) is 1.30. The van der Waals surface area contributed by atoms with Crippen molar-refractivity contribution in [1.82, 2.24) is 14.8 Å². The minimum Gasteiger partial charge on any atom is -0.379 e. The Balaban J connectivity index is 1.47. The second-order valence-electron chi connectivity index (χ2n) is 7.47. The zero-order valence-electron chi connectivity index (χ0n) is 14.7. The van der Waals surface area contributed by atoms with Crippen LogP contribution in [0.2, 0.25) is 0 Å². The fraction of sp³-hybridized carbons (Fsp3) is 0.833. The molecule has 1 aromatic rings. The van der Waals surface area contributed by atoms with Crippen molar-refractivity contribution in [2.75, 3.05) is 45.9 Å². The Morgan fingerprint density at radius 3 is 2.87 bits per heavy atom. The Morgan fingerprint density at radius 1 is 1.26 bits per heavy atom. The van der Waals surface area contributed by atoms with Gasteiger partial charge in [-0.1, -0.05) is 13.8 Å². The molecule has 2 aliphatic rings. The summed E-state index contributed by atoms with van der Waals surface area (Å²) in [5.41, 5.74) is 0. The van der Waals surface area contributed by atoms with Gasteiger partial charge >= 0.3 is 0 Å². The van der Waals surface area contributed by atoms with Gasteiger partial charge in [0.05, 0.1) is 18.2 Å². The molecule has 0 radical (unpaired) electrons. The van der Waals surface area contributed by atoms with E-state index in [0.29, 0.717) is 5.92 Å². The predicted molar refractivity (Wildman–Crippen MR) is 95.9 cm³/mol. The highest BCUT2D eigenvalue weighted by molar-refractivity contribution is 7.11. The normalized spacial score (nSPS) is 24.4. The molecule has 0 N–H and O–H groups in total. The third kappa shape index (κ3) is 5.52. The summed E-state index contributed by atoms with van der Waals surface area (Å²) in [7, 11) is 0. The molecule has 2 saturated heterocycles. The quantitative estimate of drug-likeness (QED) is 0.798. The molecule has 0 spiro atoms. The smallest absolute Gasteiger partial charge is 0.0930 e. The maximum absolute atomic E-state index is 5.46. The Bertz CT molecular complexity index is 471. The van der Waals surface area contributed by atoms with Crippen molar-refractivity contribution in [3.8, 4) is 0 Å². The van der Waals surface area contributed by atoms with Crippen LogP contribution in [0.25, 0.3) is 0 Å². The molecule has 3 rings (SSSR count). The number of likely N-dealkylation sites (tertiary alicyclic amines) is 1. The van der Waals surface area contributed by atoms with E-state index in [4.69, 9.17) is 4.74 Å². The number of hydrogen-bond donors (Lipinski definition) is 0. The van der Waals surface area contributed by atoms with Gasteiger partial charge in [0.2, 0.25) is 0 Å².